The second-order valence-electron chi connectivity index (χ2n) is 8.62. The Morgan fingerprint density at radius 1 is 1.06 bits per heavy atom. The number of carbonyl (C=O) groups excluding carboxylic acids is 1. The second-order valence-corrected chi connectivity index (χ2v) is 9.69. The van der Waals surface area contributed by atoms with Crippen molar-refractivity contribution in [3.8, 4) is 11.4 Å². The lowest BCUT2D eigenvalue weighted by molar-refractivity contribution is -0.117. The number of hydrogen-bond donors (Lipinski definition) is 2. The average Bonchev–Trinajstić information content (AvgIpc) is 3.19. The summed E-state index contributed by atoms with van der Waals surface area (Å²) in [4.78, 5) is 13.5. The molecule has 31 heavy (non-hydrogen) atoms. The number of benzene rings is 2. The zero-order valence-electron chi connectivity index (χ0n) is 17.9. The van der Waals surface area contributed by atoms with Gasteiger partial charge in [0.15, 0.2) is 5.82 Å². The molecule has 0 bridgehead atoms. The molecule has 7 heteroatoms. The fourth-order valence-electron chi connectivity index (χ4n) is 4.61. The highest BCUT2D eigenvalue weighted by atomic mass is 32.2. The summed E-state index contributed by atoms with van der Waals surface area (Å²) in [5.41, 5.74) is 7.64. The van der Waals surface area contributed by atoms with Gasteiger partial charge >= 0.3 is 0 Å². The van der Waals surface area contributed by atoms with Gasteiger partial charge in [-0.05, 0) is 49.9 Å². The molecule has 1 aromatic heterocycles. The van der Waals surface area contributed by atoms with E-state index in [1.807, 2.05) is 47.1 Å². The maximum Gasteiger partial charge on any atom is 0.240 e. The summed E-state index contributed by atoms with van der Waals surface area (Å²) >= 11 is 1.53. The minimum absolute atomic E-state index is 0.0261. The minimum Gasteiger partial charge on any atom is -0.325 e. The molecule has 1 aliphatic carbocycles. The molecule has 1 atom stereocenters. The lowest BCUT2D eigenvalue weighted by Gasteiger charge is -2.46. The molecule has 5 rings (SSSR count). The summed E-state index contributed by atoms with van der Waals surface area (Å²) in [6.45, 7) is 4.15. The van der Waals surface area contributed by atoms with Crippen LogP contribution >= 0.6 is 11.8 Å². The summed E-state index contributed by atoms with van der Waals surface area (Å²) < 4.78 is 1.99. The molecular weight excluding hydrogens is 406 g/mol. The molecular formula is C24H27N5OS. The molecule has 1 amide bonds. The largest absolute Gasteiger partial charge is 0.325 e. The number of anilines is 1. The van der Waals surface area contributed by atoms with Gasteiger partial charge in [0.25, 0.3) is 0 Å². The number of rotatable bonds is 3. The Morgan fingerprint density at radius 3 is 2.58 bits per heavy atom. The quantitative estimate of drug-likeness (QED) is 0.613. The molecule has 1 aliphatic heterocycles. The van der Waals surface area contributed by atoms with Crippen molar-refractivity contribution in [3.63, 3.8) is 0 Å². The van der Waals surface area contributed by atoms with E-state index in [1.54, 1.807) is 0 Å². The number of amides is 1. The van der Waals surface area contributed by atoms with Gasteiger partial charge in [0, 0.05) is 11.3 Å². The normalized spacial score (nSPS) is 19.5. The summed E-state index contributed by atoms with van der Waals surface area (Å²) in [5.74, 6) is 0.819. The number of carbonyl (C=O) groups is 1. The van der Waals surface area contributed by atoms with Crippen LogP contribution in [0.4, 0.5) is 5.69 Å². The minimum atomic E-state index is -0.314. The predicted octanol–water partition coefficient (Wildman–Crippen LogP) is 4.92. The molecule has 1 saturated carbocycles. The summed E-state index contributed by atoms with van der Waals surface area (Å²) in [6, 6.07) is 16.1. The lowest BCUT2D eigenvalue weighted by atomic mass is 9.79. The van der Waals surface area contributed by atoms with Crippen molar-refractivity contribution in [1.82, 2.24) is 14.9 Å². The van der Waals surface area contributed by atoms with E-state index < -0.39 is 0 Å². The van der Waals surface area contributed by atoms with Crippen LogP contribution in [-0.4, -0.2) is 31.6 Å². The lowest BCUT2D eigenvalue weighted by Crippen LogP contribution is -2.59. The topological polar surface area (TPSA) is 71.8 Å². The van der Waals surface area contributed by atoms with E-state index >= 15 is 0 Å². The first-order valence-corrected chi connectivity index (χ1v) is 11.8. The van der Waals surface area contributed by atoms with Gasteiger partial charge in [-0.3, -0.25) is 4.79 Å². The first-order chi connectivity index (χ1) is 15.1. The molecule has 2 aromatic carbocycles. The van der Waals surface area contributed by atoms with E-state index in [2.05, 4.69) is 40.9 Å². The van der Waals surface area contributed by atoms with Crippen LogP contribution in [-0.2, 0) is 4.79 Å². The number of thioether (sulfide) groups is 1. The molecule has 2 heterocycles. The van der Waals surface area contributed by atoms with Crippen LogP contribution in [0.2, 0.25) is 0 Å². The Labute approximate surface area is 186 Å². The first kappa shape index (κ1) is 20.1. The van der Waals surface area contributed by atoms with Crippen LogP contribution in [0.15, 0.2) is 53.7 Å². The fourth-order valence-corrected chi connectivity index (χ4v) is 5.83. The molecule has 0 unspecified atom stereocenters. The van der Waals surface area contributed by atoms with Crippen LogP contribution in [0.3, 0.4) is 0 Å². The highest BCUT2D eigenvalue weighted by molar-refractivity contribution is 8.00. The number of nitrogens with zero attached hydrogens (tertiary/aromatic N) is 3. The second kappa shape index (κ2) is 8.04. The summed E-state index contributed by atoms with van der Waals surface area (Å²) in [6.07, 6.45) is 5.34. The third-order valence-electron chi connectivity index (χ3n) is 6.48. The summed E-state index contributed by atoms with van der Waals surface area (Å²) in [5, 5.41) is 12.5. The maximum atomic E-state index is 13.5. The van der Waals surface area contributed by atoms with Crippen LogP contribution in [0, 0.1) is 13.8 Å². The zero-order chi connectivity index (χ0) is 21.4. The van der Waals surface area contributed by atoms with Gasteiger partial charge in [0.2, 0.25) is 11.1 Å². The molecule has 0 saturated heterocycles. The van der Waals surface area contributed by atoms with Gasteiger partial charge in [-0.2, -0.15) is 0 Å². The number of hydrogen-bond acceptors (Lipinski definition) is 5. The number of aromatic nitrogens is 3. The van der Waals surface area contributed by atoms with E-state index in [4.69, 9.17) is 0 Å². The van der Waals surface area contributed by atoms with Crippen molar-refractivity contribution in [3.05, 3.63) is 59.7 Å². The fraction of sp³-hybridized carbons (Fsp3) is 0.375. The van der Waals surface area contributed by atoms with Crippen molar-refractivity contribution in [2.75, 3.05) is 10.7 Å². The van der Waals surface area contributed by atoms with Gasteiger partial charge in [-0.25, -0.2) is 4.68 Å². The van der Waals surface area contributed by atoms with Gasteiger partial charge < -0.3 is 10.7 Å². The molecule has 6 nitrogen and oxygen atoms in total. The van der Waals surface area contributed by atoms with Gasteiger partial charge in [0.05, 0.1) is 5.54 Å². The smallest absolute Gasteiger partial charge is 0.240 e. The van der Waals surface area contributed by atoms with Crippen molar-refractivity contribution in [2.24, 2.45) is 0 Å². The Hall–Kier alpha value is -2.80. The van der Waals surface area contributed by atoms with E-state index in [0.29, 0.717) is 0 Å². The van der Waals surface area contributed by atoms with E-state index in [0.717, 1.165) is 47.9 Å². The predicted molar refractivity (Wildman–Crippen MR) is 125 cm³/mol. The first-order valence-electron chi connectivity index (χ1n) is 10.9. The van der Waals surface area contributed by atoms with E-state index in [1.165, 1.54) is 29.3 Å². The highest BCUT2D eigenvalue weighted by Gasteiger charge is 2.49. The third-order valence-corrected chi connectivity index (χ3v) is 7.86. The highest BCUT2D eigenvalue weighted by Crippen LogP contribution is 2.44. The number of nitrogens with one attached hydrogen (secondary N) is 2. The number of fused-ring (bicyclic) bond motifs is 1. The Kier molecular flexibility index (Phi) is 5.22. The average molecular weight is 434 g/mol. The summed E-state index contributed by atoms with van der Waals surface area (Å²) in [7, 11) is 0. The van der Waals surface area contributed by atoms with Crippen LogP contribution in [0.5, 0.6) is 0 Å². The molecule has 2 N–H and O–H groups in total. The van der Waals surface area contributed by atoms with Gasteiger partial charge in [0.1, 0.15) is 5.25 Å². The van der Waals surface area contributed by atoms with Crippen LogP contribution < -0.4 is 10.7 Å². The van der Waals surface area contributed by atoms with E-state index in [9.17, 15) is 4.79 Å². The molecule has 1 fully saturated rings. The monoisotopic (exact) mass is 433 g/mol. The standard InChI is InChI=1S/C24H27N5OS/c1-16-11-12-19(15-17(16)2)25-22(30)20-24(13-7-4-8-14-24)28-29-21(26-27-23(29)31-20)18-9-5-3-6-10-18/h3,5-6,9-12,15,20,28H,4,7-8,13-14H2,1-2H3,(H,25,30)/t20-/m1/s1. The van der Waals surface area contributed by atoms with Crippen LogP contribution in [0.25, 0.3) is 11.4 Å². The molecule has 1 spiro atoms. The Balaban J connectivity index is 1.48. The van der Waals surface area contributed by atoms with Gasteiger partial charge in [-0.15, -0.1) is 10.2 Å². The number of aryl methyl sites for hydroxylation is 2. The van der Waals surface area contributed by atoms with E-state index in [-0.39, 0.29) is 16.7 Å². The van der Waals surface area contributed by atoms with Crippen LogP contribution in [0.1, 0.15) is 43.2 Å². The third kappa shape index (κ3) is 3.71. The SMILES string of the molecule is Cc1ccc(NC(=O)[C@H]2Sc3nnc(-c4ccccc4)n3NC23CCCCC3)cc1C. The Bertz CT molecular complexity index is 1100. The van der Waals surface area contributed by atoms with Crippen molar-refractivity contribution in [2.45, 2.75) is 61.9 Å². The maximum absolute atomic E-state index is 13.5. The molecule has 2 aliphatic rings. The van der Waals surface area contributed by atoms with Gasteiger partial charge in [-0.1, -0.05) is 67.4 Å². The zero-order valence-corrected chi connectivity index (χ0v) is 18.7. The van der Waals surface area contributed by atoms with Crippen molar-refractivity contribution in [1.29, 1.82) is 0 Å². The molecule has 160 valence electrons. The molecule has 0 radical (unpaired) electrons. The van der Waals surface area contributed by atoms with Crippen molar-refractivity contribution >= 4 is 23.4 Å². The van der Waals surface area contributed by atoms with Crippen molar-refractivity contribution < 1.29 is 4.79 Å². The molecule has 3 aromatic rings. The Morgan fingerprint density at radius 2 is 1.84 bits per heavy atom.